The summed E-state index contributed by atoms with van der Waals surface area (Å²) in [5.41, 5.74) is 1.22. The molecule has 1 amide bonds. The number of nitrogens with zero attached hydrogens (tertiary/aromatic N) is 3. The molecule has 0 aliphatic carbocycles. The monoisotopic (exact) mass is 420 g/mol. The van der Waals surface area contributed by atoms with Crippen LogP contribution in [-0.2, 0) is 21.4 Å². The van der Waals surface area contributed by atoms with Crippen molar-refractivity contribution in [3.05, 3.63) is 59.4 Å². The molecule has 8 nitrogen and oxygen atoms in total. The molecule has 3 rings (SSSR count). The first-order valence-corrected chi connectivity index (χ1v) is 10.00. The van der Waals surface area contributed by atoms with Gasteiger partial charge in [0, 0.05) is 30.2 Å². The Hall–Kier alpha value is -2.75. The summed E-state index contributed by atoms with van der Waals surface area (Å²) >= 11 is 5.86. The average Bonchev–Trinajstić information content (AvgIpc) is 3.10. The minimum atomic E-state index is -3.77. The van der Waals surface area contributed by atoms with Crippen molar-refractivity contribution in [1.82, 2.24) is 14.4 Å². The second-order valence-electron chi connectivity index (χ2n) is 5.99. The molecule has 0 fully saturated rings. The van der Waals surface area contributed by atoms with Crippen molar-refractivity contribution in [2.75, 3.05) is 12.4 Å². The number of halogens is 1. The van der Waals surface area contributed by atoms with E-state index in [1.54, 1.807) is 24.3 Å². The van der Waals surface area contributed by atoms with Crippen LogP contribution < -0.4 is 5.32 Å². The van der Waals surface area contributed by atoms with E-state index in [2.05, 4.69) is 15.5 Å². The molecule has 1 N–H and O–H groups in total. The zero-order chi connectivity index (χ0) is 20.3. The summed E-state index contributed by atoms with van der Waals surface area (Å²) < 4.78 is 31.7. The van der Waals surface area contributed by atoms with Crippen LogP contribution in [0.2, 0.25) is 5.02 Å². The van der Waals surface area contributed by atoms with E-state index in [0.29, 0.717) is 22.1 Å². The van der Waals surface area contributed by atoms with Gasteiger partial charge in [-0.05, 0) is 48.5 Å². The fourth-order valence-corrected chi connectivity index (χ4v) is 3.65. The van der Waals surface area contributed by atoms with E-state index in [1.165, 1.54) is 38.2 Å². The molecular weight excluding hydrogens is 404 g/mol. The van der Waals surface area contributed by atoms with E-state index in [0.717, 1.165) is 4.31 Å². The maximum absolute atomic E-state index is 12.7. The van der Waals surface area contributed by atoms with E-state index in [-0.39, 0.29) is 23.2 Å². The number of amides is 1. The number of aromatic nitrogens is 2. The second kappa shape index (κ2) is 8.09. The van der Waals surface area contributed by atoms with Crippen LogP contribution in [-0.4, -0.2) is 35.8 Å². The quantitative estimate of drug-likeness (QED) is 0.656. The van der Waals surface area contributed by atoms with E-state index in [1.807, 2.05) is 0 Å². The van der Waals surface area contributed by atoms with Crippen molar-refractivity contribution in [2.24, 2.45) is 0 Å². The minimum Gasteiger partial charge on any atom is -0.338 e. The van der Waals surface area contributed by atoms with Gasteiger partial charge in [0.1, 0.15) is 0 Å². The predicted octanol–water partition coefficient (Wildman–Crippen LogP) is 3.17. The number of carbonyl (C=O) groups is 1. The Morgan fingerprint density at radius 2 is 1.79 bits per heavy atom. The van der Waals surface area contributed by atoms with Crippen LogP contribution >= 0.6 is 11.6 Å². The van der Waals surface area contributed by atoms with Crippen LogP contribution in [0.3, 0.4) is 0 Å². The topological polar surface area (TPSA) is 105 Å². The number of anilines is 1. The Bertz CT molecular complexity index is 1080. The van der Waals surface area contributed by atoms with Crippen LogP contribution in [0.1, 0.15) is 12.8 Å². The third kappa shape index (κ3) is 4.56. The van der Waals surface area contributed by atoms with Crippen molar-refractivity contribution in [1.29, 1.82) is 0 Å². The highest BCUT2D eigenvalue weighted by atomic mass is 35.5. The third-order valence-corrected chi connectivity index (χ3v) is 5.88. The van der Waals surface area contributed by atoms with E-state index in [9.17, 15) is 13.2 Å². The number of hydrogen-bond donors (Lipinski definition) is 1. The molecule has 1 aromatic heterocycles. The Kier molecular flexibility index (Phi) is 5.78. The van der Waals surface area contributed by atoms with Crippen LogP contribution in [0.4, 0.5) is 5.69 Å². The highest BCUT2D eigenvalue weighted by Crippen LogP contribution is 2.21. The SMILES string of the molecule is CC(=O)Nc1ccc(S(=O)(=O)N(C)Cc2nc(-c3ccc(Cl)cc3)no2)cc1. The van der Waals surface area contributed by atoms with Crippen LogP contribution in [0.5, 0.6) is 0 Å². The standard InChI is InChI=1S/C18H17ClN4O4S/c1-12(24)20-15-7-9-16(10-8-15)28(25,26)23(2)11-17-21-18(22-27-17)13-3-5-14(19)6-4-13/h3-10H,11H2,1-2H3,(H,20,24). The Morgan fingerprint density at radius 3 is 2.39 bits per heavy atom. The van der Waals surface area contributed by atoms with E-state index >= 15 is 0 Å². The van der Waals surface area contributed by atoms with Crippen LogP contribution in [0, 0.1) is 0 Å². The number of nitrogens with one attached hydrogen (secondary N) is 1. The molecule has 0 radical (unpaired) electrons. The Labute approximate surface area is 167 Å². The summed E-state index contributed by atoms with van der Waals surface area (Å²) in [5.74, 6) is 0.267. The zero-order valence-electron chi connectivity index (χ0n) is 15.1. The largest absolute Gasteiger partial charge is 0.338 e. The Morgan fingerprint density at radius 1 is 1.14 bits per heavy atom. The van der Waals surface area contributed by atoms with E-state index in [4.69, 9.17) is 16.1 Å². The lowest BCUT2D eigenvalue weighted by molar-refractivity contribution is -0.114. The van der Waals surface area contributed by atoms with E-state index < -0.39 is 10.0 Å². The van der Waals surface area contributed by atoms with Crippen molar-refractivity contribution < 1.29 is 17.7 Å². The van der Waals surface area contributed by atoms with Gasteiger partial charge in [0.15, 0.2) is 0 Å². The number of hydrogen-bond acceptors (Lipinski definition) is 6. The van der Waals surface area contributed by atoms with Crippen molar-refractivity contribution in [3.63, 3.8) is 0 Å². The lowest BCUT2D eigenvalue weighted by Crippen LogP contribution is -2.26. The lowest BCUT2D eigenvalue weighted by Gasteiger charge is -2.15. The summed E-state index contributed by atoms with van der Waals surface area (Å²) in [6.45, 7) is 1.29. The zero-order valence-corrected chi connectivity index (χ0v) is 16.7. The van der Waals surface area contributed by atoms with Crippen molar-refractivity contribution in [2.45, 2.75) is 18.4 Å². The van der Waals surface area contributed by atoms with Gasteiger partial charge in [-0.1, -0.05) is 16.8 Å². The highest BCUT2D eigenvalue weighted by molar-refractivity contribution is 7.89. The molecule has 146 valence electrons. The van der Waals surface area contributed by atoms with Gasteiger partial charge in [-0.2, -0.15) is 9.29 Å². The average molecular weight is 421 g/mol. The number of sulfonamides is 1. The van der Waals surface area contributed by atoms with Gasteiger partial charge in [0.2, 0.25) is 27.6 Å². The molecule has 0 atom stereocenters. The van der Waals surface area contributed by atoms with Crippen LogP contribution in [0.15, 0.2) is 57.9 Å². The molecule has 0 saturated carbocycles. The van der Waals surface area contributed by atoms with Crippen molar-refractivity contribution in [3.8, 4) is 11.4 Å². The minimum absolute atomic E-state index is 0.0848. The number of benzene rings is 2. The first kappa shape index (κ1) is 20.0. The summed E-state index contributed by atoms with van der Waals surface area (Å²) in [7, 11) is -2.35. The van der Waals surface area contributed by atoms with Gasteiger partial charge in [0.25, 0.3) is 0 Å². The molecule has 0 aliphatic heterocycles. The highest BCUT2D eigenvalue weighted by Gasteiger charge is 2.23. The van der Waals surface area contributed by atoms with Gasteiger partial charge in [-0.25, -0.2) is 8.42 Å². The predicted molar refractivity (Wildman–Crippen MR) is 104 cm³/mol. The lowest BCUT2D eigenvalue weighted by atomic mass is 10.2. The summed E-state index contributed by atoms with van der Waals surface area (Å²) in [4.78, 5) is 15.4. The maximum atomic E-state index is 12.7. The summed E-state index contributed by atoms with van der Waals surface area (Å²) in [6, 6.07) is 12.8. The molecule has 0 bridgehead atoms. The molecule has 0 spiro atoms. The van der Waals surface area contributed by atoms with Gasteiger partial charge in [-0.3, -0.25) is 4.79 Å². The molecular formula is C18H17ClN4O4S. The normalized spacial score (nSPS) is 11.6. The second-order valence-corrected chi connectivity index (χ2v) is 8.47. The van der Waals surface area contributed by atoms with Gasteiger partial charge in [-0.15, -0.1) is 0 Å². The first-order chi connectivity index (χ1) is 13.3. The third-order valence-electron chi connectivity index (χ3n) is 3.81. The molecule has 0 saturated heterocycles. The molecule has 28 heavy (non-hydrogen) atoms. The van der Waals surface area contributed by atoms with Crippen molar-refractivity contribution >= 4 is 33.2 Å². The fraction of sp³-hybridized carbons (Fsp3) is 0.167. The molecule has 3 aromatic rings. The van der Waals surface area contributed by atoms with Gasteiger partial charge >= 0.3 is 0 Å². The van der Waals surface area contributed by atoms with Gasteiger partial charge < -0.3 is 9.84 Å². The maximum Gasteiger partial charge on any atom is 0.243 e. The molecule has 0 aliphatic rings. The number of rotatable bonds is 6. The molecule has 2 aromatic carbocycles. The number of carbonyl (C=O) groups excluding carboxylic acids is 1. The fourth-order valence-electron chi connectivity index (χ4n) is 2.40. The Balaban J connectivity index is 1.74. The molecule has 10 heteroatoms. The summed E-state index contributed by atoms with van der Waals surface area (Å²) in [5, 5.41) is 7.04. The smallest absolute Gasteiger partial charge is 0.243 e. The molecule has 1 heterocycles. The molecule has 0 unspecified atom stereocenters. The van der Waals surface area contributed by atoms with Gasteiger partial charge in [0.05, 0.1) is 11.4 Å². The van der Waals surface area contributed by atoms with Crippen LogP contribution in [0.25, 0.3) is 11.4 Å². The first-order valence-electron chi connectivity index (χ1n) is 8.18. The summed E-state index contributed by atoms with van der Waals surface area (Å²) in [6.07, 6.45) is 0.